The lowest BCUT2D eigenvalue weighted by molar-refractivity contribution is -0.113. The maximum Gasteiger partial charge on any atom is 0.338 e. The van der Waals surface area contributed by atoms with Crippen LogP contribution in [0.2, 0.25) is 0 Å². The Morgan fingerprint density at radius 3 is 2.62 bits per heavy atom. The van der Waals surface area contributed by atoms with Crippen molar-refractivity contribution in [1.29, 1.82) is 0 Å². The Morgan fingerprint density at radius 2 is 1.94 bits per heavy atom. The molecule has 1 amide bonds. The van der Waals surface area contributed by atoms with Crippen LogP contribution in [0.3, 0.4) is 0 Å². The average Bonchev–Trinajstić information content (AvgIpc) is 3.57. The maximum atomic E-state index is 12.5. The summed E-state index contributed by atoms with van der Waals surface area (Å²) in [6.45, 7) is 5.46. The van der Waals surface area contributed by atoms with Gasteiger partial charge < -0.3 is 19.7 Å². The van der Waals surface area contributed by atoms with E-state index in [0.717, 1.165) is 49.9 Å². The molecule has 1 aliphatic carbocycles. The van der Waals surface area contributed by atoms with Crippen LogP contribution in [0.1, 0.15) is 49.0 Å². The lowest BCUT2D eigenvalue weighted by Crippen LogP contribution is -2.38. The predicted octanol–water partition coefficient (Wildman–Crippen LogP) is 3.14. The van der Waals surface area contributed by atoms with Gasteiger partial charge in [0.15, 0.2) is 5.16 Å². The van der Waals surface area contributed by atoms with Gasteiger partial charge in [0.1, 0.15) is 0 Å². The van der Waals surface area contributed by atoms with E-state index in [0.29, 0.717) is 37.1 Å². The molecule has 10 heteroatoms. The topological polar surface area (TPSA) is 98.6 Å². The SMILES string of the molecule is CCCCOC(=O)c1ccc(NC(=O)CSc2nnc(N3CCOCC3)n2C2CC2)cc1. The number of thioether (sulfide) groups is 1. The fourth-order valence-electron chi connectivity index (χ4n) is 3.41. The van der Waals surface area contributed by atoms with Gasteiger partial charge in [0.25, 0.3) is 0 Å². The number of unbranched alkanes of at least 4 members (excludes halogenated alkanes) is 1. The highest BCUT2D eigenvalue weighted by molar-refractivity contribution is 7.99. The highest BCUT2D eigenvalue weighted by atomic mass is 32.2. The van der Waals surface area contributed by atoms with Crippen LogP contribution in [-0.2, 0) is 14.3 Å². The normalized spacial score (nSPS) is 16.1. The third kappa shape index (κ3) is 5.80. The summed E-state index contributed by atoms with van der Waals surface area (Å²) in [4.78, 5) is 26.7. The molecule has 1 saturated heterocycles. The average molecular weight is 460 g/mol. The summed E-state index contributed by atoms with van der Waals surface area (Å²) < 4.78 is 12.8. The summed E-state index contributed by atoms with van der Waals surface area (Å²) >= 11 is 1.39. The standard InChI is InChI=1S/C22H29N5O4S/c1-2-3-12-31-20(29)16-4-6-17(7-5-16)23-19(28)15-32-22-25-24-21(27(22)18-8-9-18)26-10-13-30-14-11-26/h4-7,18H,2-3,8-15H2,1H3,(H,23,28). The van der Waals surface area contributed by atoms with E-state index in [1.807, 2.05) is 6.92 Å². The minimum absolute atomic E-state index is 0.133. The van der Waals surface area contributed by atoms with Crippen molar-refractivity contribution >= 4 is 35.3 Å². The molecular weight excluding hydrogens is 430 g/mol. The van der Waals surface area contributed by atoms with Crippen molar-refractivity contribution in [2.24, 2.45) is 0 Å². The monoisotopic (exact) mass is 459 g/mol. The Balaban J connectivity index is 1.30. The van der Waals surface area contributed by atoms with Gasteiger partial charge in [0.05, 0.1) is 31.1 Å². The van der Waals surface area contributed by atoms with Gasteiger partial charge >= 0.3 is 5.97 Å². The molecule has 0 atom stereocenters. The number of carbonyl (C=O) groups excluding carboxylic acids is 2. The van der Waals surface area contributed by atoms with Crippen molar-refractivity contribution in [3.8, 4) is 0 Å². The summed E-state index contributed by atoms with van der Waals surface area (Å²) in [7, 11) is 0. The Hall–Kier alpha value is -2.59. The predicted molar refractivity (Wildman–Crippen MR) is 122 cm³/mol. The lowest BCUT2D eigenvalue weighted by Gasteiger charge is -2.27. The van der Waals surface area contributed by atoms with Gasteiger partial charge in [-0.25, -0.2) is 4.79 Å². The van der Waals surface area contributed by atoms with Gasteiger partial charge in [-0.1, -0.05) is 25.1 Å². The van der Waals surface area contributed by atoms with E-state index in [-0.39, 0.29) is 17.6 Å². The number of rotatable bonds is 10. The molecule has 2 aromatic rings. The molecule has 0 bridgehead atoms. The van der Waals surface area contributed by atoms with E-state index in [9.17, 15) is 9.59 Å². The second-order valence-corrected chi connectivity index (χ2v) is 8.83. The fourth-order valence-corrected chi connectivity index (χ4v) is 4.21. The maximum absolute atomic E-state index is 12.5. The second-order valence-electron chi connectivity index (χ2n) is 7.89. The number of amides is 1. The molecule has 1 N–H and O–H groups in total. The highest BCUT2D eigenvalue weighted by Crippen LogP contribution is 2.41. The minimum atomic E-state index is -0.345. The number of carbonyl (C=O) groups is 2. The Labute approximate surface area is 191 Å². The van der Waals surface area contributed by atoms with Crippen LogP contribution < -0.4 is 10.2 Å². The molecule has 4 rings (SSSR count). The number of esters is 1. The minimum Gasteiger partial charge on any atom is -0.462 e. The van der Waals surface area contributed by atoms with E-state index in [1.54, 1.807) is 24.3 Å². The third-order valence-corrected chi connectivity index (χ3v) is 6.26. The number of morpholine rings is 1. The number of aromatic nitrogens is 3. The van der Waals surface area contributed by atoms with Gasteiger partial charge in [-0.2, -0.15) is 0 Å². The number of hydrogen-bond acceptors (Lipinski definition) is 8. The van der Waals surface area contributed by atoms with Gasteiger partial charge in [-0.05, 0) is 43.5 Å². The van der Waals surface area contributed by atoms with Crippen LogP contribution in [0.15, 0.2) is 29.4 Å². The van der Waals surface area contributed by atoms with E-state index in [4.69, 9.17) is 9.47 Å². The van der Waals surface area contributed by atoms with Crippen LogP contribution in [0.4, 0.5) is 11.6 Å². The number of nitrogens with one attached hydrogen (secondary N) is 1. The van der Waals surface area contributed by atoms with Gasteiger partial charge in [-0.3, -0.25) is 9.36 Å². The Morgan fingerprint density at radius 1 is 1.19 bits per heavy atom. The molecular formula is C22H29N5O4S. The van der Waals surface area contributed by atoms with Gasteiger partial charge in [0.2, 0.25) is 11.9 Å². The smallest absolute Gasteiger partial charge is 0.338 e. The summed E-state index contributed by atoms with van der Waals surface area (Å²) in [6, 6.07) is 7.16. The largest absolute Gasteiger partial charge is 0.462 e. The third-order valence-electron chi connectivity index (χ3n) is 5.32. The summed E-state index contributed by atoms with van der Waals surface area (Å²) in [6.07, 6.45) is 4.05. The molecule has 0 unspecified atom stereocenters. The Kier molecular flexibility index (Phi) is 7.64. The first-order chi connectivity index (χ1) is 15.7. The molecule has 9 nitrogen and oxygen atoms in total. The van der Waals surface area contributed by atoms with Gasteiger partial charge in [-0.15, -0.1) is 10.2 Å². The van der Waals surface area contributed by atoms with E-state index in [1.165, 1.54) is 11.8 Å². The van der Waals surface area contributed by atoms with Crippen LogP contribution in [0.5, 0.6) is 0 Å². The first-order valence-corrected chi connectivity index (χ1v) is 12.1. The molecule has 1 aromatic heterocycles. The van der Waals surface area contributed by atoms with Crippen molar-refractivity contribution in [3.05, 3.63) is 29.8 Å². The lowest BCUT2D eigenvalue weighted by atomic mass is 10.2. The van der Waals surface area contributed by atoms with Crippen LogP contribution in [0, 0.1) is 0 Å². The zero-order valence-corrected chi connectivity index (χ0v) is 19.1. The molecule has 1 aliphatic heterocycles. The van der Waals surface area contributed by atoms with Crippen molar-refractivity contribution in [3.63, 3.8) is 0 Å². The summed E-state index contributed by atoms with van der Waals surface area (Å²) in [5, 5.41) is 12.4. The van der Waals surface area contributed by atoms with Crippen LogP contribution in [-0.4, -0.2) is 65.3 Å². The molecule has 2 aliphatic rings. The van der Waals surface area contributed by atoms with Crippen LogP contribution >= 0.6 is 11.8 Å². The zero-order chi connectivity index (χ0) is 22.3. The van der Waals surface area contributed by atoms with E-state index < -0.39 is 0 Å². The van der Waals surface area contributed by atoms with Crippen LogP contribution in [0.25, 0.3) is 0 Å². The number of hydrogen-bond donors (Lipinski definition) is 1. The molecule has 0 spiro atoms. The van der Waals surface area contributed by atoms with E-state index >= 15 is 0 Å². The van der Waals surface area contributed by atoms with Crippen molar-refractivity contribution in [2.75, 3.05) is 48.9 Å². The first-order valence-electron chi connectivity index (χ1n) is 11.1. The first kappa shape index (κ1) is 22.6. The summed E-state index contributed by atoms with van der Waals surface area (Å²) in [5.74, 6) is 0.628. The molecule has 2 heterocycles. The number of nitrogens with zero attached hydrogens (tertiary/aromatic N) is 4. The molecule has 32 heavy (non-hydrogen) atoms. The zero-order valence-electron chi connectivity index (χ0n) is 18.3. The number of anilines is 2. The van der Waals surface area contributed by atoms with Crippen molar-refractivity contribution in [2.45, 2.75) is 43.8 Å². The highest BCUT2D eigenvalue weighted by Gasteiger charge is 2.32. The Bertz CT molecular complexity index is 923. The number of ether oxygens (including phenoxy) is 2. The van der Waals surface area contributed by atoms with Gasteiger partial charge in [0, 0.05) is 24.8 Å². The molecule has 2 fully saturated rings. The van der Waals surface area contributed by atoms with E-state index in [2.05, 4.69) is 25.0 Å². The molecule has 1 aromatic carbocycles. The fraction of sp³-hybridized carbons (Fsp3) is 0.545. The molecule has 0 radical (unpaired) electrons. The quantitative estimate of drug-likeness (QED) is 0.329. The summed E-state index contributed by atoms with van der Waals surface area (Å²) in [5.41, 5.74) is 1.11. The number of benzene rings is 1. The second kappa shape index (κ2) is 10.8. The molecule has 1 saturated carbocycles. The van der Waals surface area contributed by atoms with Crippen molar-refractivity contribution < 1.29 is 19.1 Å². The molecule has 172 valence electrons. The van der Waals surface area contributed by atoms with Crippen molar-refractivity contribution in [1.82, 2.24) is 14.8 Å².